The van der Waals surface area contributed by atoms with Crippen LogP contribution in [-0.2, 0) is 10.0 Å². The van der Waals surface area contributed by atoms with Crippen LogP contribution in [0.25, 0.3) is 31.6 Å². The van der Waals surface area contributed by atoms with E-state index in [1.807, 2.05) is 44.3 Å². The number of thiophene rings is 1. The summed E-state index contributed by atoms with van der Waals surface area (Å²) >= 11 is 1.48. The van der Waals surface area contributed by atoms with Gasteiger partial charge in [0.2, 0.25) is 10.0 Å². The lowest BCUT2D eigenvalue weighted by molar-refractivity contribution is 0.588. The van der Waals surface area contributed by atoms with Crippen LogP contribution >= 0.6 is 11.3 Å². The van der Waals surface area contributed by atoms with Crippen molar-refractivity contribution in [1.82, 2.24) is 14.7 Å². The minimum atomic E-state index is -3.57. The molecular weight excluding hydrogens is 466 g/mol. The predicted octanol–water partition coefficient (Wildman–Crippen LogP) is 5.58. The molecule has 0 radical (unpaired) electrons. The van der Waals surface area contributed by atoms with Gasteiger partial charge in [0.1, 0.15) is 10.9 Å². The zero-order chi connectivity index (χ0) is 24.0. The Morgan fingerprint density at radius 3 is 2.71 bits per heavy atom. The monoisotopic (exact) mass is 487 g/mol. The molecule has 0 bridgehead atoms. The first-order valence-corrected chi connectivity index (χ1v) is 12.8. The molecule has 0 spiro atoms. The Hall–Kier alpha value is -3.71. The molecule has 0 saturated heterocycles. The van der Waals surface area contributed by atoms with Crippen molar-refractivity contribution in [1.29, 1.82) is 5.26 Å². The van der Waals surface area contributed by atoms with Gasteiger partial charge in [-0.1, -0.05) is 12.1 Å². The van der Waals surface area contributed by atoms with E-state index in [0.717, 1.165) is 48.4 Å². The van der Waals surface area contributed by atoms with Crippen LogP contribution < -0.4 is 10.0 Å². The summed E-state index contributed by atoms with van der Waals surface area (Å²) in [5.74, 6) is 0. The second-order valence-corrected chi connectivity index (χ2v) is 10.8. The van der Waals surface area contributed by atoms with Crippen molar-refractivity contribution < 1.29 is 8.42 Å². The smallest absolute Gasteiger partial charge is 0.240 e. The molecule has 0 fully saturated rings. The van der Waals surface area contributed by atoms with Crippen molar-refractivity contribution >= 4 is 53.9 Å². The van der Waals surface area contributed by atoms with E-state index < -0.39 is 10.0 Å². The molecule has 0 unspecified atom stereocenters. The van der Waals surface area contributed by atoms with Crippen LogP contribution in [0.3, 0.4) is 0 Å². The maximum atomic E-state index is 12.3. The van der Waals surface area contributed by atoms with E-state index in [1.54, 1.807) is 24.4 Å². The fraction of sp³-hybridized carbons (Fsp3) is 0.120. The number of nitrogens with zero attached hydrogens (tertiary/aromatic N) is 2. The number of aryl methyl sites for hydroxylation is 2. The van der Waals surface area contributed by atoms with E-state index in [0.29, 0.717) is 11.3 Å². The van der Waals surface area contributed by atoms with Crippen LogP contribution in [0, 0.1) is 25.2 Å². The highest BCUT2D eigenvalue weighted by molar-refractivity contribution is 7.89. The first kappa shape index (κ1) is 22.1. The number of H-pyrrole nitrogens is 1. The molecule has 3 heterocycles. The number of hydrogen-bond donors (Lipinski definition) is 3. The highest BCUT2D eigenvalue weighted by Crippen LogP contribution is 2.43. The standard InChI is InChI=1S/C25H21N5O2S2/c1-14-19-9-10-28-21(19)8-7-20(14)30-23-17(12-26)13-29-25-22(23)15(2)24(33-25)16-5-4-6-18(11-16)34(31,32)27-3/h4-11,13,27-28H,1-3H3,(H,29,30). The van der Waals surface area contributed by atoms with Crippen molar-refractivity contribution in [2.75, 3.05) is 12.4 Å². The fourth-order valence-electron chi connectivity index (χ4n) is 4.17. The van der Waals surface area contributed by atoms with E-state index in [4.69, 9.17) is 0 Å². The highest BCUT2D eigenvalue weighted by Gasteiger charge is 2.20. The summed E-state index contributed by atoms with van der Waals surface area (Å²) in [7, 11) is -2.17. The molecule has 3 N–H and O–H groups in total. The van der Waals surface area contributed by atoms with Crippen LogP contribution in [0.5, 0.6) is 0 Å². The SMILES string of the molecule is CNS(=O)(=O)c1cccc(-c2sc3ncc(C#N)c(Nc4ccc5[nH]ccc5c4C)c3c2C)c1. The molecule has 9 heteroatoms. The Kier molecular flexibility index (Phi) is 5.37. The molecule has 3 aromatic heterocycles. The van der Waals surface area contributed by atoms with Crippen molar-refractivity contribution in [3.8, 4) is 16.5 Å². The molecule has 7 nitrogen and oxygen atoms in total. The molecule has 170 valence electrons. The summed E-state index contributed by atoms with van der Waals surface area (Å²) in [4.78, 5) is 9.63. The average Bonchev–Trinajstić information content (AvgIpc) is 3.46. The van der Waals surface area contributed by atoms with Gasteiger partial charge >= 0.3 is 0 Å². The summed E-state index contributed by atoms with van der Waals surface area (Å²) in [6.07, 6.45) is 3.49. The normalized spacial score (nSPS) is 11.7. The number of pyridine rings is 1. The Bertz CT molecular complexity index is 1730. The molecule has 0 saturated carbocycles. The minimum absolute atomic E-state index is 0.198. The van der Waals surface area contributed by atoms with Gasteiger partial charge in [-0.2, -0.15) is 5.26 Å². The number of anilines is 2. The third kappa shape index (κ3) is 3.53. The van der Waals surface area contributed by atoms with E-state index in [9.17, 15) is 13.7 Å². The number of hydrogen-bond acceptors (Lipinski definition) is 6. The molecule has 0 amide bonds. The fourth-order valence-corrected chi connectivity index (χ4v) is 6.10. The molecule has 0 aliphatic heterocycles. The van der Waals surface area contributed by atoms with E-state index in [-0.39, 0.29) is 4.90 Å². The van der Waals surface area contributed by atoms with Crippen molar-refractivity contribution in [3.63, 3.8) is 0 Å². The number of sulfonamides is 1. The lowest BCUT2D eigenvalue weighted by Crippen LogP contribution is -2.18. The molecule has 5 aromatic rings. The first-order chi connectivity index (χ1) is 16.3. The number of nitriles is 1. The van der Waals surface area contributed by atoms with Gasteiger partial charge < -0.3 is 10.3 Å². The summed E-state index contributed by atoms with van der Waals surface area (Å²) in [5.41, 5.74) is 5.90. The number of aromatic nitrogens is 2. The average molecular weight is 488 g/mol. The van der Waals surface area contributed by atoms with Gasteiger partial charge in [-0.05, 0) is 67.9 Å². The second-order valence-electron chi connectivity index (χ2n) is 7.93. The number of benzene rings is 2. The summed E-state index contributed by atoms with van der Waals surface area (Å²) < 4.78 is 27.0. The van der Waals surface area contributed by atoms with Gasteiger partial charge in [0.05, 0.1) is 16.1 Å². The van der Waals surface area contributed by atoms with Crippen LogP contribution in [0.4, 0.5) is 11.4 Å². The van der Waals surface area contributed by atoms with Gasteiger partial charge in [-0.15, -0.1) is 11.3 Å². The van der Waals surface area contributed by atoms with Crippen LogP contribution in [0.1, 0.15) is 16.7 Å². The molecule has 34 heavy (non-hydrogen) atoms. The Morgan fingerprint density at radius 1 is 1.12 bits per heavy atom. The topological polar surface area (TPSA) is 111 Å². The Balaban J connectivity index is 1.69. The zero-order valence-electron chi connectivity index (χ0n) is 18.7. The third-order valence-electron chi connectivity index (χ3n) is 6.02. The lowest BCUT2D eigenvalue weighted by atomic mass is 10.0. The number of nitrogens with one attached hydrogen (secondary N) is 3. The summed E-state index contributed by atoms with van der Waals surface area (Å²) in [5, 5.41) is 15.3. The Labute approximate surface area is 201 Å². The van der Waals surface area contributed by atoms with Gasteiger partial charge in [0, 0.05) is 39.2 Å². The second kappa shape index (κ2) is 8.25. The summed E-state index contributed by atoms with van der Waals surface area (Å²) in [6, 6.07) is 15.1. The molecule has 0 aliphatic rings. The Morgan fingerprint density at radius 2 is 1.94 bits per heavy atom. The van der Waals surface area contributed by atoms with Gasteiger partial charge in [0.25, 0.3) is 0 Å². The van der Waals surface area contributed by atoms with E-state index in [1.165, 1.54) is 18.4 Å². The zero-order valence-corrected chi connectivity index (χ0v) is 20.4. The number of rotatable bonds is 5. The molecule has 0 atom stereocenters. The van der Waals surface area contributed by atoms with E-state index in [2.05, 4.69) is 26.1 Å². The molecule has 5 rings (SSSR count). The maximum absolute atomic E-state index is 12.3. The summed E-state index contributed by atoms with van der Waals surface area (Å²) in [6.45, 7) is 4.02. The minimum Gasteiger partial charge on any atom is -0.361 e. The van der Waals surface area contributed by atoms with Crippen LogP contribution in [0.15, 0.2) is 59.8 Å². The quantitative estimate of drug-likeness (QED) is 0.299. The molecule has 2 aromatic carbocycles. The molecule has 0 aliphatic carbocycles. The maximum Gasteiger partial charge on any atom is 0.240 e. The number of fused-ring (bicyclic) bond motifs is 2. The van der Waals surface area contributed by atoms with Gasteiger partial charge in [-0.3, -0.25) is 0 Å². The van der Waals surface area contributed by atoms with E-state index >= 15 is 0 Å². The van der Waals surface area contributed by atoms with Crippen LogP contribution in [0.2, 0.25) is 0 Å². The van der Waals surface area contributed by atoms with Gasteiger partial charge in [-0.25, -0.2) is 18.1 Å². The van der Waals surface area contributed by atoms with Crippen molar-refractivity contribution in [2.24, 2.45) is 0 Å². The molecular formula is C25H21N5O2S2. The number of aromatic amines is 1. The van der Waals surface area contributed by atoms with Gasteiger partial charge in [0.15, 0.2) is 0 Å². The van der Waals surface area contributed by atoms with Crippen molar-refractivity contribution in [2.45, 2.75) is 18.7 Å². The first-order valence-electron chi connectivity index (χ1n) is 10.5. The predicted molar refractivity (Wildman–Crippen MR) is 137 cm³/mol. The lowest BCUT2D eigenvalue weighted by Gasteiger charge is -2.13. The highest BCUT2D eigenvalue weighted by atomic mass is 32.2. The third-order valence-corrected chi connectivity index (χ3v) is 8.68. The van der Waals surface area contributed by atoms with Crippen molar-refractivity contribution in [3.05, 3.63) is 71.5 Å². The van der Waals surface area contributed by atoms with Crippen LogP contribution in [-0.4, -0.2) is 25.4 Å². The largest absolute Gasteiger partial charge is 0.361 e.